The lowest BCUT2D eigenvalue weighted by Crippen LogP contribution is -2.03. The Labute approximate surface area is 142 Å². The first-order valence-electron chi connectivity index (χ1n) is 7.45. The Hall–Kier alpha value is -2.19. The molecule has 0 unspecified atom stereocenters. The minimum absolute atomic E-state index is 0.735. The third-order valence-electron chi connectivity index (χ3n) is 3.89. The molecule has 1 radical (unpaired) electrons. The van der Waals surface area contributed by atoms with Crippen LogP contribution in [0.4, 0.5) is 0 Å². The maximum atomic E-state index is 6.02. The van der Waals surface area contributed by atoms with Crippen molar-refractivity contribution in [3.05, 3.63) is 82.9 Å². The van der Waals surface area contributed by atoms with Crippen molar-refractivity contribution in [1.29, 1.82) is 0 Å². The second kappa shape index (κ2) is 6.93. The van der Waals surface area contributed by atoms with Crippen LogP contribution < -0.4 is 4.74 Å². The standard InChI is InChI=1S/C20H18ClO2/c1-22-17-12-8-15(9-13-17)20-18(4-3-5-19(20)23-2)14-6-10-16(21)11-7-14/h4-13H,3H2,1-2H3. The SMILES string of the molecule is COC1=C(c2ccc(OC)cc2)C(c2ccc(Cl)cc2)=CC[CH]1. The third kappa shape index (κ3) is 3.27. The predicted octanol–water partition coefficient (Wildman–Crippen LogP) is 5.40. The molecule has 0 saturated heterocycles. The van der Waals surface area contributed by atoms with E-state index in [2.05, 4.69) is 24.6 Å². The van der Waals surface area contributed by atoms with E-state index in [1.54, 1.807) is 14.2 Å². The number of hydrogen-bond donors (Lipinski definition) is 0. The predicted molar refractivity (Wildman–Crippen MR) is 95.3 cm³/mol. The van der Waals surface area contributed by atoms with E-state index >= 15 is 0 Å². The van der Waals surface area contributed by atoms with Crippen LogP contribution in [0.25, 0.3) is 11.1 Å². The molecule has 0 spiro atoms. The van der Waals surface area contributed by atoms with Crippen LogP contribution >= 0.6 is 11.6 Å². The van der Waals surface area contributed by atoms with Gasteiger partial charge in [-0.3, -0.25) is 0 Å². The Kier molecular flexibility index (Phi) is 4.73. The Morgan fingerprint density at radius 2 is 1.48 bits per heavy atom. The van der Waals surface area contributed by atoms with E-state index < -0.39 is 0 Å². The second-order valence-corrected chi connectivity index (χ2v) is 5.67. The highest BCUT2D eigenvalue weighted by Crippen LogP contribution is 2.39. The van der Waals surface area contributed by atoms with Gasteiger partial charge in [-0.15, -0.1) is 0 Å². The van der Waals surface area contributed by atoms with Crippen LogP contribution in [-0.2, 0) is 4.74 Å². The van der Waals surface area contributed by atoms with Gasteiger partial charge in [-0.05, 0) is 47.4 Å². The molecule has 0 heterocycles. The lowest BCUT2D eigenvalue weighted by molar-refractivity contribution is 0.300. The molecule has 0 N–H and O–H groups in total. The first kappa shape index (κ1) is 15.7. The van der Waals surface area contributed by atoms with Crippen molar-refractivity contribution >= 4 is 22.7 Å². The fourth-order valence-corrected chi connectivity index (χ4v) is 2.88. The van der Waals surface area contributed by atoms with Gasteiger partial charge in [-0.2, -0.15) is 0 Å². The number of methoxy groups -OCH3 is 2. The van der Waals surface area contributed by atoms with Gasteiger partial charge in [0.05, 0.1) is 14.2 Å². The zero-order valence-corrected chi connectivity index (χ0v) is 13.9. The molecule has 23 heavy (non-hydrogen) atoms. The highest BCUT2D eigenvalue weighted by atomic mass is 35.5. The molecule has 0 bridgehead atoms. The van der Waals surface area contributed by atoms with Crippen LogP contribution in [0.15, 0.2) is 60.4 Å². The summed E-state index contributed by atoms with van der Waals surface area (Å²) in [5.41, 5.74) is 4.47. The van der Waals surface area contributed by atoms with Crippen molar-refractivity contribution in [1.82, 2.24) is 0 Å². The van der Waals surface area contributed by atoms with Crippen molar-refractivity contribution in [2.45, 2.75) is 6.42 Å². The van der Waals surface area contributed by atoms with Crippen molar-refractivity contribution in [3.8, 4) is 5.75 Å². The van der Waals surface area contributed by atoms with Crippen LogP contribution in [0.3, 0.4) is 0 Å². The number of ether oxygens (including phenoxy) is 2. The topological polar surface area (TPSA) is 18.5 Å². The molecule has 0 aromatic heterocycles. The van der Waals surface area contributed by atoms with Gasteiger partial charge in [0.25, 0.3) is 0 Å². The minimum Gasteiger partial charge on any atom is -0.500 e. The van der Waals surface area contributed by atoms with E-state index in [-0.39, 0.29) is 0 Å². The molecule has 3 rings (SSSR count). The summed E-state index contributed by atoms with van der Waals surface area (Å²) in [6.45, 7) is 0. The normalized spacial score (nSPS) is 14.5. The summed E-state index contributed by atoms with van der Waals surface area (Å²) in [7, 11) is 3.38. The number of halogens is 1. The van der Waals surface area contributed by atoms with E-state index in [0.29, 0.717) is 0 Å². The molecular weight excluding hydrogens is 308 g/mol. The quantitative estimate of drug-likeness (QED) is 0.749. The molecule has 1 aliphatic rings. The third-order valence-corrected chi connectivity index (χ3v) is 4.15. The van der Waals surface area contributed by atoms with Gasteiger partial charge in [0, 0.05) is 17.0 Å². The second-order valence-electron chi connectivity index (χ2n) is 5.24. The summed E-state index contributed by atoms with van der Waals surface area (Å²) < 4.78 is 10.9. The van der Waals surface area contributed by atoms with Gasteiger partial charge in [-0.25, -0.2) is 0 Å². The van der Waals surface area contributed by atoms with Gasteiger partial charge in [0.2, 0.25) is 0 Å². The Morgan fingerprint density at radius 3 is 2.09 bits per heavy atom. The molecule has 0 saturated carbocycles. The molecule has 3 heteroatoms. The monoisotopic (exact) mass is 325 g/mol. The Morgan fingerprint density at radius 1 is 0.826 bits per heavy atom. The lowest BCUT2D eigenvalue weighted by atomic mass is 9.86. The molecule has 2 aromatic carbocycles. The molecule has 0 aliphatic heterocycles. The summed E-state index contributed by atoms with van der Waals surface area (Å²) in [4.78, 5) is 0. The minimum atomic E-state index is 0.735. The largest absolute Gasteiger partial charge is 0.500 e. The zero-order chi connectivity index (χ0) is 16.2. The summed E-state index contributed by atoms with van der Waals surface area (Å²) in [6, 6.07) is 15.9. The Bertz CT molecular complexity index is 740. The van der Waals surface area contributed by atoms with E-state index in [0.717, 1.165) is 45.2 Å². The smallest absolute Gasteiger partial charge is 0.118 e. The summed E-state index contributed by atoms with van der Waals surface area (Å²) in [6.07, 6.45) is 5.16. The molecular formula is C20H18ClO2. The number of rotatable bonds is 4. The summed E-state index contributed by atoms with van der Waals surface area (Å²) in [5.74, 6) is 1.73. The number of hydrogen-bond acceptors (Lipinski definition) is 2. The fourth-order valence-electron chi connectivity index (χ4n) is 2.75. The summed E-state index contributed by atoms with van der Waals surface area (Å²) >= 11 is 6.02. The lowest BCUT2D eigenvalue weighted by Gasteiger charge is -2.22. The van der Waals surface area contributed by atoms with E-state index in [1.165, 1.54) is 0 Å². The maximum Gasteiger partial charge on any atom is 0.118 e. The van der Waals surface area contributed by atoms with Gasteiger partial charge in [-0.1, -0.05) is 41.9 Å². The van der Waals surface area contributed by atoms with Gasteiger partial charge in [0.1, 0.15) is 11.5 Å². The van der Waals surface area contributed by atoms with Gasteiger partial charge >= 0.3 is 0 Å². The van der Waals surface area contributed by atoms with Gasteiger partial charge < -0.3 is 9.47 Å². The molecule has 2 aromatic rings. The van der Waals surface area contributed by atoms with E-state index in [9.17, 15) is 0 Å². The van der Waals surface area contributed by atoms with Crippen molar-refractivity contribution in [2.24, 2.45) is 0 Å². The van der Waals surface area contributed by atoms with E-state index in [1.807, 2.05) is 36.4 Å². The zero-order valence-electron chi connectivity index (χ0n) is 13.2. The van der Waals surface area contributed by atoms with Crippen molar-refractivity contribution < 1.29 is 9.47 Å². The van der Waals surface area contributed by atoms with Crippen LogP contribution in [0.2, 0.25) is 5.02 Å². The average Bonchev–Trinajstić information content (AvgIpc) is 2.62. The highest BCUT2D eigenvalue weighted by molar-refractivity contribution is 6.30. The first-order valence-corrected chi connectivity index (χ1v) is 7.83. The van der Waals surface area contributed by atoms with Crippen molar-refractivity contribution in [3.63, 3.8) is 0 Å². The number of benzene rings is 2. The van der Waals surface area contributed by atoms with Crippen LogP contribution in [0.1, 0.15) is 17.5 Å². The average molecular weight is 326 g/mol. The maximum absolute atomic E-state index is 6.02. The van der Waals surface area contributed by atoms with E-state index in [4.69, 9.17) is 21.1 Å². The molecule has 0 amide bonds. The number of allylic oxidation sites excluding steroid dienone is 4. The molecule has 0 fully saturated rings. The summed E-state index contributed by atoms with van der Waals surface area (Å²) in [5, 5.41) is 0.735. The Balaban J connectivity index is 2.08. The first-order chi connectivity index (χ1) is 11.2. The van der Waals surface area contributed by atoms with Crippen LogP contribution in [0, 0.1) is 6.42 Å². The molecule has 117 valence electrons. The van der Waals surface area contributed by atoms with Crippen LogP contribution in [0.5, 0.6) is 5.75 Å². The highest BCUT2D eigenvalue weighted by Gasteiger charge is 2.20. The molecule has 2 nitrogen and oxygen atoms in total. The fraction of sp³-hybridized carbons (Fsp3) is 0.150. The molecule has 1 aliphatic carbocycles. The molecule has 0 atom stereocenters. The van der Waals surface area contributed by atoms with Crippen LogP contribution in [-0.4, -0.2) is 14.2 Å². The van der Waals surface area contributed by atoms with Crippen molar-refractivity contribution in [2.75, 3.05) is 14.2 Å². The van der Waals surface area contributed by atoms with Gasteiger partial charge in [0.15, 0.2) is 0 Å².